The van der Waals surface area contributed by atoms with Crippen molar-refractivity contribution >= 4 is 0 Å². The lowest BCUT2D eigenvalue weighted by Gasteiger charge is -2.06. The van der Waals surface area contributed by atoms with Crippen molar-refractivity contribution in [2.75, 3.05) is 6.61 Å². The van der Waals surface area contributed by atoms with Gasteiger partial charge >= 0.3 is 0 Å². The second-order valence-corrected chi connectivity index (χ2v) is 3.58. The minimum atomic E-state index is -0.156. The van der Waals surface area contributed by atoms with Gasteiger partial charge in [0, 0.05) is 31.1 Å². The SMILES string of the molecule is OCCCn1nnc(CO)c1-c1ccncc1. The molecule has 0 spiro atoms. The molecule has 0 radical (unpaired) electrons. The summed E-state index contributed by atoms with van der Waals surface area (Å²) < 4.78 is 1.69. The molecule has 2 aromatic rings. The van der Waals surface area contributed by atoms with E-state index in [1.165, 1.54) is 0 Å². The third-order valence-corrected chi connectivity index (χ3v) is 2.44. The number of hydrogen-bond donors (Lipinski definition) is 2. The van der Waals surface area contributed by atoms with Gasteiger partial charge in [0.05, 0.1) is 12.3 Å². The summed E-state index contributed by atoms with van der Waals surface area (Å²) in [6.45, 7) is 0.516. The molecule has 0 aliphatic heterocycles. The Morgan fingerprint density at radius 3 is 2.59 bits per heavy atom. The highest BCUT2D eigenvalue weighted by atomic mass is 16.3. The number of aliphatic hydroxyl groups is 2. The molecule has 0 aliphatic rings. The van der Waals surface area contributed by atoms with Crippen molar-refractivity contribution in [1.29, 1.82) is 0 Å². The Balaban J connectivity index is 2.39. The van der Waals surface area contributed by atoms with E-state index in [-0.39, 0.29) is 13.2 Å². The number of rotatable bonds is 5. The maximum Gasteiger partial charge on any atom is 0.116 e. The van der Waals surface area contributed by atoms with Gasteiger partial charge in [-0.2, -0.15) is 0 Å². The summed E-state index contributed by atoms with van der Waals surface area (Å²) in [5.74, 6) is 0. The van der Waals surface area contributed by atoms with Crippen LogP contribution in [0.5, 0.6) is 0 Å². The van der Waals surface area contributed by atoms with Crippen molar-refractivity contribution in [3.8, 4) is 11.3 Å². The highest BCUT2D eigenvalue weighted by Gasteiger charge is 2.13. The Morgan fingerprint density at radius 1 is 1.18 bits per heavy atom. The fraction of sp³-hybridized carbons (Fsp3) is 0.364. The summed E-state index contributed by atoms with van der Waals surface area (Å²) >= 11 is 0. The molecule has 0 saturated heterocycles. The topological polar surface area (TPSA) is 84.1 Å². The van der Waals surface area contributed by atoms with E-state index in [1.54, 1.807) is 17.1 Å². The Hall–Kier alpha value is -1.79. The third kappa shape index (κ3) is 2.48. The lowest BCUT2D eigenvalue weighted by atomic mass is 10.1. The van der Waals surface area contributed by atoms with Gasteiger partial charge in [-0.15, -0.1) is 5.10 Å². The monoisotopic (exact) mass is 234 g/mol. The van der Waals surface area contributed by atoms with Gasteiger partial charge in [0.15, 0.2) is 0 Å². The van der Waals surface area contributed by atoms with Crippen molar-refractivity contribution in [2.45, 2.75) is 19.6 Å². The molecule has 6 nitrogen and oxygen atoms in total. The van der Waals surface area contributed by atoms with E-state index >= 15 is 0 Å². The molecule has 0 amide bonds. The van der Waals surface area contributed by atoms with Crippen molar-refractivity contribution in [2.24, 2.45) is 0 Å². The van der Waals surface area contributed by atoms with Gasteiger partial charge in [0.2, 0.25) is 0 Å². The number of hydrogen-bond acceptors (Lipinski definition) is 5. The van der Waals surface area contributed by atoms with Gasteiger partial charge in [0.1, 0.15) is 5.69 Å². The predicted molar refractivity (Wildman–Crippen MR) is 60.9 cm³/mol. The first kappa shape index (κ1) is 11.7. The largest absolute Gasteiger partial charge is 0.396 e. The molecule has 17 heavy (non-hydrogen) atoms. The van der Waals surface area contributed by atoms with Gasteiger partial charge < -0.3 is 10.2 Å². The molecule has 2 heterocycles. The predicted octanol–water partition coefficient (Wildman–Crippen LogP) is 0.215. The molecule has 0 aromatic carbocycles. The van der Waals surface area contributed by atoms with Gasteiger partial charge in [-0.1, -0.05) is 5.21 Å². The smallest absolute Gasteiger partial charge is 0.116 e. The average molecular weight is 234 g/mol. The maximum atomic E-state index is 9.24. The van der Waals surface area contributed by atoms with Crippen LogP contribution in [0.15, 0.2) is 24.5 Å². The van der Waals surface area contributed by atoms with E-state index in [1.807, 2.05) is 12.1 Å². The number of aromatic nitrogens is 4. The fourth-order valence-corrected chi connectivity index (χ4v) is 1.66. The highest BCUT2D eigenvalue weighted by Crippen LogP contribution is 2.21. The molecule has 2 N–H and O–H groups in total. The minimum Gasteiger partial charge on any atom is -0.396 e. The summed E-state index contributed by atoms with van der Waals surface area (Å²) in [5, 5.41) is 26.0. The minimum absolute atomic E-state index is 0.101. The Bertz CT molecular complexity index is 470. The van der Waals surface area contributed by atoms with Crippen LogP contribution in [0, 0.1) is 0 Å². The fourth-order valence-electron chi connectivity index (χ4n) is 1.66. The Morgan fingerprint density at radius 2 is 1.94 bits per heavy atom. The molecule has 90 valence electrons. The molecule has 0 saturated carbocycles. The van der Waals surface area contributed by atoms with Crippen LogP contribution >= 0.6 is 0 Å². The molecule has 0 unspecified atom stereocenters. The van der Waals surface area contributed by atoms with E-state index in [2.05, 4.69) is 15.3 Å². The van der Waals surface area contributed by atoms with Crippen LogP contribution in [-0.2, 0) is 13.2 Å². The maximum absolute atomic E-state index is 9.24. The quantitative estimate of drug-likeness (QED) is 0.772. The van der Waals surface area contributed by atoms with Crippen LogP contribution in [-0.4, -0.2) is 36.8 Å². The van der Waals surface area contributed by atoms with Crippen LogP contribution in [0.4, 0.5) is 0 Å². The summed E-state index contributed by atoms with van der Waals surface area (Å²) in [6, 6.07) is 3.68. The highest BCUT2D eigenvalue weighted by molar-refractivity contribution is 5.60. The molecular formula is C11H14N4O2. The number of nitrogens with zero attached hydrogens (tertiary/aromatic N) is 4. The molecule has 0 bridgehead atoms. The Kier molecular flexibility index (Phi) is 3.79. The zero-order valence-corrected chi connectivity index (χ0v) is 9.32. The second-order valence-electron chi connectivity index (χ2n) is 3.58. The summed E-state index contributed by atoms with van der Waals surface area (Å²) in [4.78, 5) is 3.95. The van der Waals surface area contributed by atoms with Gasteiger partial charge in [0.25, 0.3) is 0 Å². The van der Waals surface area contributed by atoms with Gasteiger partial charge in [-0.05, 0) is 18.6 Å². The van der Waals surface area contributed by atoms with E-state index < -0.39 is 0 Å². The summed E-state index contributed by atoms with van der Waals surface area (Å²) in [7, 11) is 0. The molecular weight excluding hydrogens is 220 g/mol. The Labute approximate surface area is 98.6 Å². The molecule has 2 rings (SSSR count). The van der Waals surface area contributed by atoms with Gasteiger partial charge in [-0.3, -0.25) is 4.98 Å². The van der Waals surface area contributed by atoms with E-state index in [0.717, 1.165) is 11.3 Å². The van der Waals surface area contributed by atoms with Crippen molar-refractivity contribution < 1.29 is 10.2 Å². The number of aliphatic hydroxyl groups excluding tert-OH is 2. The normalized spacial score (nSPS) is 10.7. The molecule has 0 atom stereocenters. The molecule has 0 fully saturated rings. The zero-order chi connectivity index (χ0) is 12.1. The van der Waals surface area contributed by atoms with Crippen LogP contribution in [0.25, 0.3) is 11.3 Å². The summed E-state index contributed by atoms with van der Waals surface area (Å²) in [6.07, 6.45) is 3.96. The average Bonchev–Trinajstić information content (AvgIpc) is 2.80. The summed E-state index contributed by atoms with van der Waals surface area (Å²) in [5.41, 5.74) is 2.23. The van der Waals surface area contributed by atoms with E-state index in [4.69, 9.17) is 5.11 Å². The third-order valence-electron chi connectivity index (χ3n) is 2.44. The lowest BCUT2D eigenvalue weighted by Crippen LogP contribution is -2.05. The molecule has 2 aromatic heterocycles. The number of pyridine rings is 1. The van der Waals surface area contributed by atoms with Crippen LogP contribution in [0.2, 0.25) is 0 Å². The second kappa shape index (κ2) is 5.51. The van der Waals surface area contributed by atoms with Crippen molar-refractivity contribution in [1.82, 2.24) is 20.0 Å². The van der Waals surface area contributed by atoms with Crippen molar-refractivity contribution in [3.05, 3.63) is 30.2 Å². The standard InChI is InChI=1S/C11H14N4O2/c16-7-1-6-15-11(10(8-17)13-14-15)9-2-4-12-5-3-9/h2-5,16-17H,1,6-8H2. The first-order valence-electron chi connectivity index (χ1n) is 5.41. The molecule has 0 aliphatic carbocycles. The van der Waals surface area contributed by atoms with Crippen LogP contribution in [0.1, 0.15) is 12.1 Å². The van der Waals surface area contributed by atoms with Crippen molar-refractivity contribution in [3.63, 3.8) is 0 Å². The zero-order valence-electron chi connectivity index (χ0n) is 9.32. The van der Waals surface area contributed by atoms with Crippen LogP contribution in [0.3, 0.4) is 0 Å². The first-order chi connectivity index (χ1) is 8.36. The van der Waals surface area contributed by atoms with E-state index in [9.17, 15) is 5.11 Å². The van der Waals surface area contributed by atoms with E-state index in [0.29, 0.717) is 18.7 Å². The van der Waals surface area contributed by atoms with Crippen LogP contribution < -0.4 is 0 Å². The lowest BCUT2D eigenvalue weighted by molar-refractivity contribution is 0.276. The first-order valence-corrected chi connectivity index (χ1v) is 5.41. The number of aryl methyl sites for hydroxylation is 1. The molecule has 6 heteroatoms. The van der Waals surface area contributed by atoms with Gasteiger partial charge in [-0.25, -0.2) is 4.68 Å².